The maximum Gasteiger partial charge on any atom is 0.255 e. The lowest BCUT2D eigenvalue weighted by atomic mass is 10.2. The molecule has 0 bridgehead atoms. The van der Waals surface area contributed by atoms with E-state index in [-0.39, 0.29) is 5.91 Å². The highest BCUT2D eigenvalue weighted by Gasteiger charge is 2.11. The number of rotatable bonds is 6. The molecular weight excluding hydrogens is 262 g/mol. The number of carbonyl (C=O) groups is 1. The van der Waals surface area contributed by atoms with Crippen LogP contribution in [0.25, 0.3) is 5.52 Å². The molecule has 0 saturated heterocycles. The maximum absolute atomic E-state index is 12.0. The van der Waals surface area contributed by atoms with E-state index in [0.29, 0.717) is 29.0 Å². The Labute approximate surface area is 116 Å². The molecule has 0 aliphatic carbocycles. The van der Waals surface area contributed by atoms with Crippen molar-refractivity contribution in [3.63, 3.8) is 0 Å². The Hall–Kier alpha value is -2.02. The predicted molar refractivity (Wildman–Crippen MR) is 76.0 cm³/mol. The van der Waals surface area contributed by atoms with E-state index < -0.39 is 0 Å². The molecule has 0 atom stereocenters. The third kappa shape index (κ3) is 3.47. The Kier molecular flexibility index (Phi) is 4.40. The lowest BCUT2D eigenvalue weighted by Crippen LogP contribution is -2.24. The highest BCUT2D eigenvalue weighted by atomic mass is 32.1. The summed E-state index contributed by atoms with van der Waals surface area (Å²) in [5.74, 6) is -0.140. The zero-order valence-corrected chi connectivity index (χ0v) is 11.2. The van der Waals surface area contributed by atoms with Crippen LogP contribution in [0.15, 0.2) is 24.8 Å². The van der Waals surface area contributed by atoms with Crippen LogP contribution in [0.2, 0.25) is 0 Å². The van der Waals surface area contributed by atoms with Gasteiger partial charge in [0.05, 0.1) is 28.5 Å². The van der Waals surface area contributed by atoms with Crippen molar-refractivity contribution >= 4 is 28.6 Å². The Balaban J connectivity index is 1.88. The van der Waals surface area contributed by atoms with Gasteiger partial charge in [-0.05, 0) is 19.3 Å². The van der Waals surface area contributed by atoms with E-state index in [1.54, 1.807) is 29.3 Å². The van der Waals surface area contributed by atoms with Crippen molar-refractivity contribution in [1.29, 1.82) is 0 Å². The van der Waals surface area contributed by atoms with Gasteiger partial charge in [-0.1, -0.05) is 12.2 Å². The number of nitrogens with two attached hydrogens (primary N) is 1. The summed E-state index contributed by atoms with van der Waals surface area (Å²) in [5, 5.41) is 6.94. The highest BCUT2D eigenvalue weighted by molar-refractivity contribution is 7.80. The monoisotopic (exact) mass is 277 g/mol. The number of aromatic nitrogens is 3. The number of hydrogen-bond acceptors (Lipinski definition) is 4. The van der Waals surface area contributed by atoms with Crippen LogP contribution in [-0.2, 0) is 0 Å². The van der Waals surface area contributed by atoms with Gasteiger partial charge in [0.2, 0.25) is 0 Å². The topological polar surface area (TPSA) is 85.3 Å². The van der Waals surface area contributed by atoms with E-state index in [0.717, 1.165) is 12.8 Å². The molecule has 0 aliphatic rings. The summed E-state index contributed by atoms with van der Waals surface area (Å²) in [4.78, 5) is 16.5. The second kappa shape index (κ2) is 6.24. The fraction of sp³-hybridized carbons (Fsp3) is 0.333. The summed E-state index contributed by atoms with van der Waals surface area (Å²) in [5.41, 5.74) is 6.63. The van der Waals surface area contributed by atoms with Crippen molar-refractivity contribution in [3.05, 3.63) is 30.4 Å². The largest absolute Gasteiger partial charge is 0.393 e. The van der Waals surface area contributed by atoms with E-state index in [4.69, 9.17) is 18.0 Å². The van der Waals surface area contributed by atoms with Gasteiger partial charge < -0.3 is 11.1 Å². The minimum absolute atomic E-state index is 0.140. The van der Waals surface area contributed by atoms with Gasteiger partial charge in [0.25, 0.3) is 5.91 Å². The fourth-order valence-corrected chi connectivity index (χ4v) is 1.88. The molecule has 3 N–H and O–H groups in total. The lowest BCUT2D eigenvalue weighted by Gasteiger charge is -2.03. The summed E-state index contributed by atoms with van der Waals surface area (Å²) in [6.45, 7) is 0.596. The molecule has 19 heavy (non-hydrogen) atoms. The average molecular weight is 277 g/mol. The number of thiocarbonyl (C=S) groups is 1. The van der Waals surface area contributed by atoms with E-state index in [1.807, 2.05) is 0 Å². The van der Waals surface area contributed by atoms with Crippen molar-refractivity contribution in [2.75, 3.05) is 6.54 Å². The maximum atomic E-state index is 12.0. The smallest absolute Gasteiger partial charge is 0.255 e. The van der Waals surface area contributed by atoms with Crippen LogP contribution in [0.5, 0.6) is 0 Å². The molecule has 0 aliphatic heterocycles. The Morgan fingerprint density at radius 2 is 2.26 bits per heavy atom. The van der Waals surface area contributed by atoms with Gasteiger partial charge in [-0.15, -0.1) is 0 Å². The van der Waals surface area contributed by atoms with Crippen LogP contribution >= 0.6 is 12.2 Å². The first-order valence-corrected chi connectivity index (χ1v) is 6.43. The number of amides is 1. The second-order valence-corrected chi connectivity index (χ2v) is 4.67. The predicted octanol–water partition coefficient (Wildman–Crippen LogP) is 0.915. The summed E-state index contributed by atoms with van der Waals surface area (Å²) < 4.78 is 1.62. The van der Waals surface area contributed by atoms with Crippen LogP contribution in [0.1, 0.15) is 29.6 Å². The molecule has 0 unspecified atom stereocenters. The molecule has 1 amide bonds. The SMILES string of the molecule is NC(=S)CCCCNC(=O)c1cnn2ccncc12. The molecule has 100 valence electrons. The van der Waals surface area contributed by atoms with Gasteiger partial charge in [-0.25, -0.2) is 4.52 Å². The van der Waals surface area contributed by atoms with Crippen molar-refractivity contribution in [1.82, 2.24) is 19.9 Å². The van der Waals surface area contributed by atoms with Gasteiger partial charge in [-0.2, -0.15) is 5.10 Å². The van der Waals surface area contributed by atoms with Crippen LogP contribution < -0.4 is 11.1 Å². The molecule has 0 aromatic carbocycles. The van der Waals surface area contributed by atoms with Crippen molar-refractivity contribution in [2.45, 2.75) is 19.3 Å². The average Bonchev–Trinajstić information content (AvgIpc) is 2.81. The second-order valence-electron chi connectivity index (χ2n) is 4.14. The standard InChI is InChI=1S/C12H15N5OS/c13-11(19)3-1-2-4-15-12(18)9-7-16-17-6-5-14-8-10(9)17/h5-8H,1-4H2,(H2,13,19)(H,15,18). The minimum Gasteiger partial charge on any atom is -0.393 e. The van der Waals surface area contributed by atoms with Gasteiger partial charge in [0.1, 0.15) is 0 Å². The number of carbonyl (C=O) groups excluding carboxylic acids is 1. The number of nitrogens with one attached hydrogen (secondary N) is 1. The molecule has 2 rings (SSSR count). The molecule has 0 saturated carbocycles. The number of unbranched alkanes of at least 4 members (excludes halogenated alkanes) is 1. The summed E-state index contributed by atoms with van der Waals surface area (Å²) in [6, 6.07) is 0. The highest BCUT2D eigenvalue weighted by Crippen LogP contribution is 2.08. The van der Waals surface area contributed by atoms with E-state index in [2.05, 4.69) is 15.4 Å². The first-order valence-electron chi connectivity index (χ1n) is 6.02. The molecule has 2 aromatic rings. The summed E-state index contributed by atoms with van der Waals surface area (Å²) in [7, 11) is 0. The van der Waals surface area contributed by atoms with E-state index in [1.165, 1.54) is 0 Å². The Bertz CT molecular complexity index is 595. The first kappa shape index (κ1) is 13.4. The molecule has 0 spiro atoms. The summed E-state index contributed by atoms with van der Waals surface area (Å²) >= 11 is 4.79. The number of fused-ring (bicyclic) bond motifs is 1. The molecule has 0 fully saturated rings. The normalized spacial score (nSPS) is 10.5. The fourth-order valence-electron chi connectivity index (χ4n) is 1.73. The van der Waals surface area contributed by atoms with Crippen LogP contribution in [-0.4, -0.2) is 32.0 Å². The Morgan fingerprint density at radius 1 is 1.42 bits per heavy atom. The number of nitrogens with zero attached hydrogens (tertiary/aromatic N) is 3. The van der Waals surface area contributed by atoms with Crippen LogP contribution in [0.4, 0.5) is 0 Å². The summed E-state index contributed by atoms with van der Waals surface area (Å²) in [6.07, 6.45) is 8.93. The molecular formula is C12H15N5OS. The quantitative estimate of drug-likeness (QED) is 0.605. The molecule has 2 aromatic heterocycles. The number of hydrogen-bond donors (Lipinski definition) is 2. The third-order valence-electron chi connectivity index (χ3n) is 2.70. The van der Waals surface area contributed by atoms with E-state index in [9.17, 15) is 4.79 Å². The zero-order valence-electron chi connectivity index (χ0n) is 10.4. The van der Waals surface area contributed by atoms with Gasteiger partial charge in [0, 0.05) is 18.9 Å². The van der Waals surface area contributed by atoms with Crippen molar-refractivity contribution in [3.8, 4) is 0 Å². The van der Waals surface area contributed by atoms with Crippen molar-refractivity contribution < 1.29 is 4.79 Å². The van der Waals surface area contributed by atoms with Crippen molar-refractivity contribution in [2.24, 2.45) is 5.73 Å². The molecule has 6 nitrogen and oxygen atoms in total. The Morgan fingerprint density at radius 3 is 3.05 bits per heavy atom. The zero-order chi connectivity index (χ0) is 13.7. The molecule has 2 heterocycles. The third-order valence-corrected chi connectivity index (χ3v) is 2.91. The first-order chi connectivity index (χ1) is 9.18. The van der Waals surface area contributed by atoms with Gasteiger partial charge in [-0.3, -0.25) is 9.78 Å². The van der Waals surface area contributed by atoms with E-state index >= 15 is 0 Å². The molecule has 0 radical (unpaired) electrons. The minimum atomic E-state index is -0.140. The van der Waals surface area contributed by atoms with Crippen LogP contribution in [0.3, 0.4) is 0 Å². The van der Waals surface area contributed by atoms with Gasteiger partial charge in [0.15, 0.2) is 0 Å². The van der Waals surface area contributed by atoms with Crippen LogP contribution in [0, 0.1) is 0 Å². The van der Waals surface area contributed by atoms with Gasteiger partial charge >= 0.3 is 0 Å². The lowest BCUT2D eigenvalue weighted by molar-refractivity contribution is 0.0954. The molecule has 7 heteroatoms.